The quantitative estimate of drug-likeness (QED) is 0.0693. The molecule has 0 rings (SSSR count). The van der Waals surface area contributed by atoms with E-state index >= 15 is 0 Å². The fraction of sp³-hybridized carbons (Fsp3) is 0.947. The number of nitrogens with zero attached hydrogens (tertiary/aromatic N) is 2. The maximum absolute atomic E-state index is 11.3. The number of amides is 2. The third kappa shape index (κ3) is 33.8. The second kappa shape index (κ2) is 37.6. The van der Waals surface area contributed by atoms with Crippen molar-refractivity contribution in [3.8, 4) is 0 Å². The summed E-state index contributed by atoms with van der Waals surface area (Å²) in [6.45, 7) is 7.22. The highest BCUT2D eigenvalue weighted by Crippen LogP contribution is 2.15. The number of unbranched alkanes of at least 4 members (excludes halogenated alkanes) is 19. The standard InChI is InChI=1S/C22H46N.2C8H18NO3.ClH/c1-2-3-4-5-6-7-8-9-10-11-12-13-14-15-16-17-18-19-20-21-22-23;2*1-4-5-9(2,3)8(12)7(11)6-10;/h23H,2-22H2,1H3;2*7,10-11H,4-6H2,1-3H3;1H/q-1;2*+1;/p-1. The van der Waals surface area contributed by atoms with E-state index in [0.29, 0.717) is 19.6 Å². The topological polar surface area (TPSA) is 139 Å². The van der Waals surface area contributed by atoms with Crippen LogP contribution in [0.1, 0.15) is 162 Å². The zero-order chi connectivity index (χ0) is 36.4. The lowest BCUT2D eigenvalue weighted by atomic mass is 10.0. The number of carbonyl (C=O) groups excluding carboxylic acids is 2. The molecule has 10 heteroatoms. The Bertz CT molecular complexity index is 641. The lowest BCUT2D eigenvalue weighted by Crippen LogP contribution is -3.00. The molecule has 0 spiro atoms. The number of rotatable bonds is 28. The zero-order valence-corrected chi connectivity index (χ0v) is 33.4. The summed E-state index contributed by atoms with van der Waals surface area (Å²) < 4.78 is 0.246. The molecule has 5 N–H and O–H groups in total. The summed E-state index contributed by atoms with van der Waals surface area (Å²) in [5.74, 6) is -0.668. The molecule has 292 valence electrons. The van der Waals surface area contributed by atoms with Crippen LogP contribution in [0.3, 0.4) is 0 Å². The van der Waals surface area contributed by atoms with E-state index in [1.54, 1.807) is 28.2 Å². The normalized spacial score (nSPS) is 12.6. The third-order valence-electron chi connectivity index (χ3n) is 8.70. The number of aliphatic hydroxyl groups excluding tert-OH is 4. The lowest BCUT2D eigenvalue weighted by Gasteiger charge is -2.27. The molecule has 0 fully saturated rings. The number of quaternary nitrogens is 2. The molecule has 0 aliphatic heterocycles. The predicted octanol–water partition coefficient (Wildman–Crippen LogP) is 4.57. The Kier molecular flexibility index (Phi) is 42.4. The van der Waals surface area contributed by atoms with Crippen molar-refractivity contribution in [3.63, 3.8) is 0 Å². The number of halogens is 1. The van der Waals surface area contributed by atoms with E-state index in [1.165, 1.54) is 122 Å². The molecule has 0 aromatic rings. The lowest BCUT2D eigenvalue weighted by molar-refractivity contribution is -0.815. The molecule has 0 saturated carbocycles. The van der Waals surface area contributed by atoms with Crippen LogP contribution in [0.2, 0.25) is 0 Å². The molecule has 0 saturated heterocycles. The number of nitrogens with one attached hydrogen (secondary N) is 1. The Balaban J connectivity index is -0.000000328. The largest absolute Gasteiger partial charge is 1.00 e. The number of likely N-dealkylation sites (N-methyl/N-ethyl adjacent to an activating group) is 2. The van der Waals surface area contributed by atoms with Gasteiger partial charge in [-0.25, -0.2) is 9.59 Å². The van der Waals surface area contributed by atoms with E-state index in [1.807, 2.05) is 13.8 Å². The van der Waals surface area contributed by atoms with Crippen molar-refractivity contribution in [2.75, 3.05) is 61.0 Å². The average Bonchev–Trinajstić information content (AvgIpc) is 3.04. The van der Waals surface area contributed by atoms with Crippen molar-refractivity contribution in [1.82, 2.24) is 0 Å². The van der Waals surface area contributed by atoms with Crippen LogP contribution < -0.4 is 12.4 Å². The SMILES string of the molecule is CCCCCCCCCCCCCCCCCCCCCC[NH-].CCC[N+](C)(C)C(=O)C(O)CO.CCC[N+](C)(C)C(=O)C(O)CO.[Cl-]. The van der Waals surface area contributed by atoms with Gasteiger partial charge < -0.3 is 38.6 Å². The number of hydrogen-bond donors (Lipinski definition) is 4. The van der Waals surface area contributed by atoms with Crippen molar-refractivity contribution in [2.24, 2.45) is 0 Å². The van der Waals surface area contributed by atoms with Gasteiger partial charge in [0, 0.05) is 0 Å². The highest BCUT2D eigenvalue weighted by Gasteiger charge is 2.32. The molecule has 0 aliphatic rings. The Morgan fingerprint density at radius 2 is 0.708 bits per heavy atom. The van der Waals surface area contributed by atoms with Gasteiger partial charge in [0.25, 0.3) is 0 Å². The van der Waals surface area contributed by atoms with Crippen molar-refractivity contribution < 1.29 is 51.4 Å². The minimum Gasteiger partial charge on any atom is -1.00 e. The molecule has 2 unspecified atom stereocenters. The summed E-state index contributed by atoms with van der Waals surface area (Å²) in [7, 11) is 6.91. The molecule has 2 amide bonds. The molecule has 0 aliphatic carbocycles. The number of hydrogen-bond acceptors (Lipinski definition) is 6. The molecule has 0 heterocycles. The zero-order valence-electron chi connectivity index (χ0n) is 32.6. The van der Waals surface area contributed by atoms with Crippen molar-refractivity contribution in [1.29, 1.82) is 0 Å². The van der Waals surface area contributed by atoms with Crippen LogP contribution in [-0.4, -0.2) is 114 Å². The molecule has 0 bridgehead atoms. The van der Waals surface area contributed by atoms with E-state index < -0.39 is 25.4 Å². The van der Waals surface area contributed by atoms with Gasteiger partial charge in [-0.3, -0.25) is 8.97 Å². The number of carbonyl (C=O) groups is 2. The van der Waals surface area contributed by atoms with Crippen molar-refractivity contribution >= 4 is 11.8 Å². The highest BCUT2D eigenvalue weighted by atomic mass is 35.5. The van der Waals surface area contributed by atoms with Crippen molar-refractivity contribution in [3.05, 3.63) is 5.73 Å². The smallest absolute Gasteiger partial charge is 0.344 e. The van der Waals surface area contributed by atoms with Crippen LogP contribution >= 0.6 is 0 Å². The summed E-state index contributed by atoms with van der Waals surface area (Å²) in [6, 6.07) is 0. The van der Waals surface area contributed by atoms with Crippen LogP contribution in [0.5, 0.6) is 0 Å². The maximum atomic E-state index is 11.3. The Morgan fingerprint density at radius 3 is 0.896 bits per heavy atom. The van der Waals surface area contributed by atoms with Gasteiger partial charge in [-0.1, -0.05) is 149 Å². The van der Waals surface area contributed by atoms with Crippen LogP contribution in [-0.2, 0) is 9.59 Å². The highest BCUT2D eigenvalue weighted by molar-refractivity contribution is 5.74. The monoisotopic (exact) mass is 712 g/mol. The van der Waals surface area contributed by atoms with Crippen LogP contribution in [0.4, 0.5) is 0 Å². The first-order valence-electron chi connectivity index (χ1n) is 19.3. The van der Waals surface area contributed by atoms with Gasteiger partial charge in [-0.2, -0.15) is 6.54 Å². The number of aliphatic hydroxyl groups is 4. The Labute approximate surface area is 303 Å². The van der Waals surface area contributed by atoms with Gasteiger partial charge in [0.1, 0.15) is 0 Å². The van der Waals surface area contributed by atoms with Crippen molar-refractivity contribution in [2.45, 2.75) is 174 Å². The van der Waals surface area contributed by atoms with Crippen LogP contribution in [0.25, 0.3) is 5.73 Å². The second-order valence-electron chi connectivity index (χ2n) is 14.4. The van der Waals surface area contributed by atoms with E-state index in [2.05, 4.69) is 6.92 Å². The molecule has 48 heavy (non-hydrogen) atoms. The fourth-order valence-corrected chi connectivity index (χ4v) is 5.68. The van der Waals surface area contributed by atoms with E-state index in [9.17, 15) is 9.59 Å². The molecule has 2 atom stereocenters. The predicted molar refractivity (Wildman–Crippen MR) is 198 cm³/mol. The molecule has 0 aromatic carbocycles. The molecule has 0 aromatic heterocycles. The van der Waals surface area contributed by atoms with Crippen LogP contribution in [0, 0.1) is 0 Å². The molecule has 0 radical (unpaired) electrons. The second-order valence-corrected chi connectivity index (χ2v) is 14.4. The van der Waals surface area contributed by atoms with E-state index in [-0.39, 0.29) is 33.2 Å². The van der Waals surface area contributed by atoms with E-state index in [4.69, 9.17) is 26.2 Å². The summed E-state index contributed by atoms with van der Waals surface area (Å²) in [5, 5.41) is 35.3. The minimum atomic E-state index is -1.24. The summed E-state index contributed by atoms with van der Waals surface area (Å²) in [6.07, 6.45) is 27.7. The van der Waals surface area contributed by atoms with Gasteiger partial charge in [0.2, 0.25) is 0 Å². The van der Waals surface area contributed by atoms with Gasteiger partial charge >= 0.3 is 11.8 Å². The Morgan fingerprint density at radius 1 is 0.479 bits per heavy atom. The first-order valence-corrected chi connectivity index (χ1v) is 19.3. The minimum absolute atomic E-state index is 0. The van der Waals surface area contributed by atoms with Gasteiger partial charge in [-0.05, 0) is 12.8 Å². The summed E-state index contributed by atoms with van der Waals surface area (Å²) in [4.78, 5) is 22.7. The molecule has 9 nitrogen and oxygen atoms in total. The van der Waals surface area contributed by atoms with Gasteiger partial charge in [-0.15, -0.1) is 0 Å². The summed E-state index contributed by atoms with van der Waals surface area (Å²) >= 11 is 0. The Hall–Kier alpha value is -0.650. The molecular weight excluding hydrogens is 630 g/mol. The fourth-order valence-electron chi connectivity index (χ4n) is 5.68. The van der Waals surface area contributed by atoms with E-state index in [0.717, 1.165) is 19.3 Å². The summed E-state index contributed by atoms with van der Waals surface area (Å²) in [5.41, 5.74) is 7.11. The first kappa shape index (κ1) is 54.1. The molecular formula is C38H82ClN3O6. The van der Waals surface area contributed by atoms with Crippen LogP contribution in [0.15, 0.2) is 0 Å². The third-order valence-corrected chi connectivity index (χ3v) is 8.70. The maximum Gasteiger partial charge on any atom is 0.344 e. The van der Waals surface area contributed by atoms with Gasteiger partial charge in [0.15, 0.2) is 12.2 Å². The van der Waals surface area contributed by atoms with Gasteiger partial charge in [0.05, 0.1) is 54.5 Å². The average molecular weight is 713 g/mol. The first-order chi connectivity index (χ1) is 22.3.